The van der Waals surface area contributed by atoms with E-state index in [1.165, 1.54) is 50.1 Å². The Kier molecular flexibility index (Phi) is 4.80. The number of hydrogen-bond donors (Lipinski definition) is 1. The molecule has 4 nitrogen and oxygen atoms in total. The van der Waals surface area contributed by atoms with Crippen LogP contribution in [0.25, 0.3) is 0 Å². The molecule has 2 saturated heterocycles. The Morgan fingerprint density at radius 1 is 1.24 bits per heavy atom. The number of nitrogens with zero attached hydrogens (tertiary/aromatic N) is 2. The van der Waals surface area contributed by atoms with Gasteiger partial charge in [0.15, 0.2) is 0 Å². The van der Waals surface area contributed by atoms with Gasteiger partial charge in [-0.15, -0.1) is 11.3 Å². The van der Waals surface area contributed by atoms with Crippen LogP contribution in [-0.4, -0.2) is 48.4 Å². The van der Waals surface area contributed by atoms with Crippen molar-refractivity contribution in [2.45, 2.75) is 32.1 Å². The fourth-order valence-corrected chi connectivity index (χ4v) is 4.33. The molecule has 1 aromatic heterocycles. The Hall–Kier alpha value is -1.07. The third-order valence-corrected chi connectivity index (χ3v) is 5.58. The summed E-state index contributed by atoms with van der Waals surface area (Å²) in [6, 6.07) is 1.83. The van der Waals surface area contributed by atoms with Gasteiger partial charge in [-0.05, 0) is 56.1 Å². The first kappa shape index (κ1) is 14.9. The van der Waals surface area contributed by atoms with Crippen molar-refractivity contribution in [2.75, 3.05) is 38.5 Å². The first-order chi connectivity index (χ1) is 10.2. The summed E-state index contributed by atoms with van der Waals surface area (Å²) in [5, 5.41) is 1.90. The van der Waals surface area contributed by atoms with Crippen LogP contribution < -0.4 is 5.73 Å². The monoisotopic (exact) mass is 307 g/mol. The summed E-state index contributed by atoms with van der Waals surface area (Å²) in [6.45, 7) is 5.41. The van der Waals surface area contributed by atoms with Gasteiger partial charge in [-0.3, -0.25) is 4.79 Å². The predicted octanol–water partition coefficient (Wildman–Crippen LogP) is 2.67. The number of nitrogens with two attached hydrogens (primary N) is 1. The normalized spacial score (nSPS) is 24.2. The highest BCUT2D eigenvalue weighted by Crippen LogP contribution is 2.25. The maximum Gasteiger partial charge on any atom is 0.266 e. The molecule has 3 heterocycles. The van der Waals surface area contributed by atoms with Gasteiger partial charge in [0.05, 0.1) is 5.69 Å². The number of likely N-dealkylation sites (tertiary alicyclic amines) is 2. The van der Waals surface area contributed by atoms with Crippen molar-refractivity contribution < 1.29 is 4.79 Å². The van der Waals surface area contributed by atoms with Crippen molar-refractivity contribution in [3.8, 4) is 0 Å². The zero-order chi connectivity index (χ0) is 14.7. The topological polar surface area (TPSA) is 49.6 Å². The molecule has 3 rings (SSSR count). The first-order valence-electron chi connectivity index (χ1n) is 8.08. The van der Waals surface area contributed by atoms with Crippen LogP contribution in [0.2, 0.25) is 0 Å². The average molecular weight is 307 g/mol. The van der Waals surface area contributed by atoms with E-state index < -0.39 is 0 Å². The molecule has 0 aromatic carbocycles. The molecule has 21 heavy (non-hydrogen) atoms. The summed E-state index contributed by atoms with van der Waals surface area (Å²) in [5.41, 5.74) is 6.51. The summed E-state index contributed by atoms with van der Waals surface area (Å²) < 4.78 is 0. The molecule has 1 aromatic rings. The van der Waals surface area contributed by atoms with Gasteiger partial charge in [-0.2, -0.15) is 0 Å². The van der Waals surface area contributed by atoms with Crippen LogP contribution in [0.3, 0.4) is 0 Å². The number of carbonyl (C=O) groups is 1. The van der Waals surface area contributed by atoms with E-state index in [2.05, 4.69) is 4.90 Å². The van der Waals surface area contributed by atoms with Gasteiger partial charge in [-0.1, -0.05) is 6.42 Å². The molecule has 0 saturated carbocycles. The number of piperidine rings is 2. The Morgan fingerprint density at radius 2 is 2.05 bits per heavy atom. The molecular formula is C16H25N3OS. The molecule has 5 heteroatoms. The molecule has 2 aliphatic rings. The molecule has 0 aliphatic carbocycles. The summed E-state index contributed by atoms with van der Waals surface area (Å²) in [7, 11) is 0. The largest absolute Gasteiger partial charge is 0.397 e. The van der Waals surface area contributed by atoms with Gasteiger partial charge < -0.3 is 15.5 Å². The van der Waals surface area contributed by atoms with E-state index in [1.54, 1.807) is 0 Å². The molecular weight excluding hydrogens is 282 g/mol. The number of rotatable bonds is 3. The lowest BCUT2D eigenvalue weighted by molar-refractivity contribution is 0.0636. The summed E-state index contributed by atoms with van der Waals surface area (Å²) in [4.78, 5) is 17.9. The van der Waals surface area contributed by atoms with Crippen molar-refractivity contribution in [3.05, 3.63) is 16.3 Å². The Balaban J connectivity index is 1.57. The summed E-state index contributed by atoms with van der Waals surface area (Å²) in [5.74, 6) is 0.757. The summed E-state index contributed by atoms with van der Waals surface area (Å²) in [6.07, 6.45) is 6.42. The zero-order valence-electron chi connectivity index (χ0n) is 12.6. The van der Waals surface area contributed by atoms with E-state index >= 15 is 0 Å². The lowest BCUT2D eigenvalue weighted by Gasteiger charge is -2.36. The Labute approximate surface area is 130 Å². The van der Waals surface area contributed by atoms with Crippen LogP contribution in [0.4, 0.5) is 5.69 Å². The standard InChI is InChI=1S/C16H25N3OS/c17-14-6-10-21-15(14)16(20)19-9-4-5-13(12-19)11-18-7-2-1-3-8-18/h6,10,13H,1-5,7-9,11-12,17H2. The van der Waals surface area contributed by atoms with Crippen molar-refractivity contribution in [2.24, 2.45) is 5.92 Å². The lowest BCUT2D eigenvalue weighted by Crippen LogP contribution is -2.44. The fourth-order valence-electron chi connectivity index (χ4n) is 3.54. The smallest absolute Gasteiger partial charge is 0.266 e. The second kappa shape index (κ2) is 6.79. The Morgan fingerprint density at radius 3 is 2.76 bits per heavy atom. The van der Waals surface area contributed by atoms with E-state index in [9.17, 15) is 4.79 Å². The maximum atomic E-state index is 12.6. The number of carbonyl (C=O) groups excluding carboxylic acids is 1. The summed E-state index contributed by atoms with van der Waals surface area (Å²) >= 11 is 1.46. The molecule has 1 unspecified atom stereocenters. The third-order valence-electron chi connectivity index (χ3n) is 4.66. The maximum absolute atomic E-state index is 12.6. The molecule has 0 spiro atoms. The van der Waals surface area contributed by atoms with Crippen molar-refractivity contribution in [3.63, 3.8) is 0 Å². The van der Waals surface area contributed by atoms with Crippen LogP contribution in [0.5, 0.6) is 0 Å². The van der Waals surface area contributed by atoms with E-state index in [-0.39, 0.29) is 5.91 Å². The number of anilines is 1. The van der Waals surface area contributed by atoms with Crippen LogP contribution in [0, 0.1) is 5.92 Å². The van der Waals surface area contributed by atoms with E-state index in [0.717, 1.165) is 26.1 Å². The zero-order valence-corrected chi connectivity index (χ0v) is 13.4. The average Bonchev–Trinajstić information content (AvgIpc) is 2.94. The van der Waals surface area contributed by atoms with Gasteiger partial charge in [0.25, 0.3) is 5.91 Å². The van der Waals surface area contributed by atoms with Gasteiger partial charge >= 0.3 is 0 Å². The highest BCUT2D eigenvalue weighted by Gasteiger charge is 2.27. The van der Waals surface area contributed by atoms with Gasteiger partial charge in [0, 0.05) is 19.6 Å². The lowest BCUT2D eigenvalue weighted by atomic mass is 9.96. The number of amides is 1. The van der Waals surface area contributed by atoms with Crippen LogP contribution in [-0.2, 0) is 0 Å². The minimum Gasteiger partial charge on any atom is -0.397 e. The highest BCUT2D eigenvalue weighted by molar-refractivity contribution is 7.12. The second-order valence-corrected chi connectivity index (χ2v) is 7.24. The molecule has 116 valence electrons. The Bertz CT molecular complexity index is 482. The van der Waals surface area contributed by atoms with Crippen LogP contribution in [0.15, 0.2) is 11.4 Å². The SMILES string of the molecule is Nc1ccsc1C(=O)N1CCCC(CN2CCCCC2)C1. The highest BCUT2D eigenvalue weighted by atomic mass is 32.1. The molecule has 0 radical (unpaired) electrons. The van der Waals surface area contributed by atoms with Gasteiger partial charge in [0.2, 0.25) is 0 Å². The van der Waals surface area contributed by atoms with Crippen molar-refractivity contribution in [1.29, 1.82) is 0 Å². The third kappa shape index (κ3) is 3.58. The second-order valence-electron chi connectivity index (χ2n) is 6.33. The molecule has 2 N–H and O–H groups in total. The minimum atomic E-state index is 0.130. The number of hydrogen-bond acceptors (Lipinski definition) is 4. The van der Waals surface area contributed by atoms with E-state index in [0.29, 0.717) is 16.5 Å². The van der Waals surface area contributed by atoms with Gasteiger partial charge in [0.1, 0.15) is 4.88 Å². The number of thiophene rings is 1. The quantitative estimate of drug-likeness (QED) is 0.934. The van der Waals surface area contributed by atoms with Crippen LogP contribution >= 0.6 is 11.3 Å². The molecule has 2 fully saturated rings. The minimum absolute atomic E-state index is 0.130. The van der Waals surface area contributed by atoms with Crippen LogP contribution in [0.1, 0.15) is 41.8 Å². The molecule has 1 atom stereocenters. The van der Waals surface area contributed by atoms with E-state index in [4.69, 9.17) is 5.73 Å². The fraction of sp³-hybridized carbons (Fsp3) is 0.688. The number of nitrogen functional groups attached to an aromatic ring is 1. The molecule has 2 aliphatic heterocycles. The van der Waals surface area contributed by atoms with Crippen molar-refractivity contribution in [1.82, 2.24) is 9.80 Å². The molecule has 1 amide bonds. The first-order valence-corrected chi connectivity index (χ1v) is 8.96. The van der Waals surface area contributed by atoms with Crippen molar-refractivity contribution >= 4 is 22.9 Å². The van der Waals surface area contributed by atoms with Gasteiger partial charge in [-0.25, -0.2) is 0 Å². The van der Waals surface area contributed by atoms with E-state index in [1.807, 2.05) is 16.3 Å². The predicted molar refractivity (Wildman–Crippen MR) is 87.6 cm³/mol. The molecule has 0 bridgehead atoms.